The Morgan fingerprint density at radius 1 is 1.20 bits per heavy atom. The van der Waals surface area contributed by atoms with Crippen molar-refractivity contribution in [1.82, 2.24) is 4.98 Å². The fourth-order valence-corrected chi connectivity index (χ4v) is 3.34. The van der Waals surface area contributed by atoms with E-state index in [2.05, 4.69) is 29.4 Å². The summed E-state index contributed by atoms with van der Waals surface area (Å²) in [5.41, 5.74) is 5.64. The Balaban J connectivity index is 1.84. The molecule has 0 fully saturated rings. The molecule has 0 unspecified atom stereocenters. The molecule has 0 atom stereocenters. The van der Waals surface area contributed by atoms with Gasteiger partial charge < -0.3 is 5.32 Å². The number of aromatic nitrogens is 1. The number of hydrogen-bond acceptors (Lipinski definition) is 4. The summed E-state index contributed by atoms with van der Waals surface area (Å²) in [5.74, 6) is 0. The Hall–Kier alpha value is -2.61. The quantitative estimate of drug-likeness (QED) is 0.572. The standard InChI is InChI=1S/C20H16ClN3S/c1-13-3-8-18(14(2)9-13)23-11-16(10-22)20-24-19(12-25-20)15-4-6-17(21)7-5-15/h3-9,11-12,23H,1-2H3/b16-11+. The van der Waals surface area contributed by atoms with Crippen LogP contribution in [-0.4, -0.2) is 4.98 Å². The van der Waals surface area contributed by atoms with E-state index in [1.54, 1.807) is 6.20 Å². The van der Waals surface area contributed by atoms with Crippen molar-refractivity contribution in [2.24, 2.45) is 0 Å². The van der Waals surface area contributed by atoms with E-state index >= 15 is 0 Å². The Bertz CT molecular complexity index is 965. The van der Waals surface area contributed by atoms with Crippen LogP contribution in [0, 0.1) is 25.2 Å². The summed E-state index contributed by atoms with van der Waals surface area (Å²) in [6, 6.07) is 15.9. The maximum absolute atomic E-state index is 9.48. The molecule has 124 valence electrons. The number of thiazole rings is 1. The molecular formula is C20H16ClN3S. The van der Waals surface area contributed by atoms with Crippen LogP contribution in [0.3, 0.4) is 0 Å². The molecule has 3 rings (SSSR count). The summed E-state index contributed by atoms with van der Waals surface area (Å²) in [6.07, 6.45) is 1.71. The van der Waals surface area contributed by atoms with E-state index in [0.717, 1.165) is 22.5 Å². The van der Waals surface area contributed by atoms with Crippen molar-refractivity contribution in [3.63, 3.8) is 0 Å². The molecule has 1 N–H and O–H groups in total. The van der Waals surface area contributed by atoms with Crippen molar-refractivity contribution in [3.8, 4) is 17.3 Å². The zero-order valence-electron chi connectivity index (χ0n) is 13.9. The van der Waals surface area contributed by atoms with E-state index in [1.165, 1.54) is 16.9 Å². The smallest absolute Gasteiger partial charge is 0.136 e. The van der Waals surface area contributed by atoms with Gasteiger partial charge in [-0.3, -0.25) is 0 Å². The molecule has 0 aliphatic heterocycles. The zero-order valence-corrected chi connectivity index (χ0v) is 15.4. The summed E-state index contributed by atoms with van der Waals surface area (Å²) >= 11 is 7.37. The fourth-order valence-electron chi connectivity index (χ4n) is 2.42. The second-order valence-electron chi connectivity index (χ2n) is 5.68. The average molecular weight is 366 g/mol. The van der Waals surface area contributed by atoms with E-state index in [1.807, 2.05) is 48.7 Å². The maximum atomic E-state index is 9.48. The van der Waals surface area contributed by atoms with Gasteiger partial charge in [-0.1, -0.05) is 41.4 Å². The van der Waals surface area contributed by atoms with Crippen LogP contribution in [0.15, 0.2) is 54.0 Å². The van der Waals surface area contributed by atoms with Gasteiger partial charge in [0, 0.05) is 27.9 Å². The second kappa shape index (κ2) is 7.52. The summed E-state index contributed by atoms with van der Waals surface area (Å²) in [4.78, 5) is 4.57. The van der Waals surface area contributed by atoms with Gasteiger partial charge in [0.2, 0.25) is 0 Å². The number of benzene rings is 2. The molecule has 3 aromatic rings. The SMILES string of the molecule is Cc1ccc(N/C=C(\C#N)c2nc(-c3ccc(Cl)cc3)cs2)c(C)c1. The van der Waals surface area contributed by atoms with Gasteiger partial charge in [-0.05, 0) is 37.6 Å². The topological polar surface area (TPSA) is 48.7 Å². The van der Waals surface area contributed by atoms with Crippen LogP contribution < -0.4 is 5.32 Å². The number of nitrogens with one attached hydrogen (secondary N) is 1. The first-order valence-electron chi connectivity index (χ1n) is 7.73. The van der Waals surface area contributed by atoms with Crippen molar-refractivity contribution in [2.75, 3.05) is 5.32 Å². The highest BCUT2D eigenvalue weighted by atomic mass is 35.5. The molecule has 1 aromatic heterocycles. The van der Waals surface area contributed by atoms with Crippen molar-refractivity contribution in [3.05, 3.63) is 75.2 Å². The maximum Gasteiger partial charge on any atom is 0.136 e. The van der Waals surface area contributed by atoms with Gasteiger partial charge in [-0.2, -0.15) is 5.26 Å². The third kappa shape index (κ3) is 4.08. The van der Waals surface area contributed by atoms with Gasteiger partial charge in [0.25, 0.3) is 0 Å². The molecule has 2 aromatic carbocycles. The first-order chi connectivity index (χ1) is 12.1. The first-order valence-corrected chi connectivity index (χ1v) is 8.98. The zero-order chi connectivity index (χ0) is 17.8. The highest BCUT2D eigenvalue weighted by Crippen LogP contribution is 2.27. The van der Waals surface area contributed by atoms with E-state index in [9.17, 15) is 5.26 Å². The van der Waals surface area contributed by atoms with Gasteiger partial charge >= 0.3 is 0 Å². The lowest BCUT2D eigenvalue weighted by molar-refractivity contribution is 1.35. The average Bonchev–Trinajstić information content (AvgIpc) is 3.07. The Kier molecular flexibility index (Phi) is 5.18. The molecule has 0 bridgehead atoms. The Morgan fingerprint density at radius 3 is 2.64 bits per heavy atom. The number of halogens is 1. The van der Waals surface area contributed by atoms with Crippen LogP contribution >= 0.6 is 22.9 Å². The Morgan fingerprint density at radius 2 is 1.96 bits per heavy atom. The molecule has 0 amide bonds. The van der Waals surface area contributed by atoms with Crippen molar-refractivity contribution < 1.29 is 0 Å². The van der Waals surface area contributed by atoms with Crippen molar-refractivity contribution >= 4 is 34.2 Å². The minimum absolute atomic E-state index is 0.505. The lowest BCUT2D eigenvalue weighted by Crippen LogP contribution is -1.94. The van der Waals surface area contributed by atoms with Gasteiger partial charge in [0.15, 0.2) is 0 Å². The molecular weight excluding hydrogens is 350 g/mol. The minimum atomic E-state index is 0.505. The van der Waals surface area contributed by atoms with Crippen molar-refractivity contribution in [1.29, 1.82) is 5.26 Å². The van der Waals surface area contributed by atoms with Crippen molar-refractivity contribution in [2.45, 2.75) is 13.8 Å². The molecule has 0 radical (unpaired) electrons. The number of nitriles is 1. The monoisotopic (exact) mass is 365 g/mol. The summed E-state index contributed by atoms with van der Waals surface area (Å²) < 4.78 is 0. The molecule has 0 aliphatic carbocycles. The largest absolute Gasteiger partial charge is 0.360 e. The van der Waals surface area contributed by atoms with Crippen LogP contribution in [0.5, 0.6) is 0 Å². The van der Waals surface area contributed by atoms with Crippen LogP contribution in [0.1, 0.15) is 16.1 Å². The van der Waals surface area contributed by atoms with E-state index in [-0.39, 0.29) is 0 Å². The van der Waals surface area contributed by atoms with E-state index in [0.29, 0.717) is 15.6 Å². The molecule has 0 saturated heterocycles. The third-order valence-corrected chi connectivity index (χ3v) is 4.88. The van der Waals surface area contributed by atoms with Gasteiger partial charge in [0.05, 0.1) is 5.69 Å². The van der Waals surface area contributed by atoms with Crippen LogP contribution in [0.25, 0.3) is 16.8 Å². The Labute approximate surface area is 156 Å². The van der Waals surface area contributed by atoms with Crippen LogP contribution in [0.4, 0.5) is 5.69 Å². The van der Waals surface area contributed by atoms with Crippen LogP contribution in [0.2, 0.25) is 5.02 Å². The summed E-state index contributed by atoms with van der Waals surface area (Å²) in [5, 5.41) is 16.0. The van der Waals surface area contributed by atoms with E-state index in [4.69, 9.17) is 11.6 Å². The molecule has 0 spiro atoms. The fraction of sp³-hybridized carbons (Fsp3) is 0.100. The molecule has 0 aliphatic rings. The molecule has 25 heavy (non-hydrogen) atoms. The predicted molar refractivity (Wildman–Crippen MR) is 106 cm³/mol. The van der Waals surface area contributed by atoms with Gasteiger partial charge in [0.1, 0.15) is 16.6 Å². The number of allylic oxidation sites excluding steroid dienone is 1. The number of rotatable bonds is 4. The predicted octanol–water partition coefficient (Wildman–Crippen LogP) is 6.06. The minimum Gasteiger partial charge on any atom is -0.360 e. The molecule has 3 nitrogen and oxygen atoms in total. The number of nitrogens with zero attached hydrogens (tertiary/aromatic N) is 2. The normalized spacial score (nSPS) is 11.2. The molecule has 0 saturated carbocycles. The van der Waals surface area contributed by atoms with E-state index < -0.39 is 0 Å². The lowest BCUT2D eigenvalue weighted by Gasteiger charge is -2.06. The highest BCUT2D eigenvalue weighted by Gasteiger charge is 2.09. The van der Waals surface area contributed by atoms with Crippen LogP contribution in [-0.2, 0) is 0 Å². The number of aryl methyl sites for hydroxylation is 2. The number of anilines is 1. The second-order valence-corrected chi connectivity index (χ2v) is 6.97. The summed E-state index contributed by atoms with van der Waals surface area (Å²) in [6.45, 7) is 4.10. The molecule has 5 heteroatoms. The third-order valence-electron chi connectivity index (χ3n) is 3.75. The van der Waals surface area contributed by atoms with Gasteiger partial charge in [-0.15, -0.1) is 11.3 Å². The first kappa shape index (κ1) is 17.2. The molecule has 1 heterocycles. The summed E-state index contributed by atoms with van der Waals surface area (Å²) in [7, 11) is 0. The van der Waals surface area contributed by atoms with Gasteiger partial charge in [-0.25, -0.2) is 4.98 Å². The highest BCUT2D eigenvalue weighted by molar-refractivity contribution is 7.11. The number of hydrogen-bond donors (Lipinski definition) is 1. The lowest BCUT2D eigenvalue weighted by atomic mass is 10.1.